The number of fused-ring (bicyclic) bond motifs is 1. The summed E-state index contributed by atoms with van der Waals surface area (Å²) >= 11 is 6.35. The van der Waals surface area contributed by atoms with Crippen molar-refractivity contribution in [1.29, 1.82) is 0 Å². The highest BCUT2D eigenvalue weighted by Gasteiger charge is 2.22. The standard InChI is InChI=1S/C23H19NO4S2/c1-26-18-7-14(8-19(12-18)27-2)13-28-20-10-16-6-4-3-5-15(16)9-17(20)11-21-22(25)24-23(29)30-21/h3-12H,13H2,1-2H3,(H,24,25,29)/b21-11-. The summed E-state index contributed by atoms with van der Waals surface area (Å²) in [6, 6.07) is 17.6. The van der Waals surface area contributed by atoms with Gasteiger partial charge in [0.2, 0.25) is 0 Å². The van der Waals surface area contributed by atoms with E-state index in [0.29, 0.717) is 33.1 Å². The average molecular weight is 438 g/mol. The van der Waals surface area contributed by atoms with Crippen LogP contribution in [0.1, 0.15) is 11.1 Å². The molecule has 1 fully saturated rings. The summed E-state index contributed by atoms with van der Waals surface area (Å²) < 4.78 is 17.3. The number of carbonyl (C=O) groups excluding carboxylic acids is 1. The van der Waals surface area contributed by atoms with E-state index in [4.69, 9.17) is 26.4 Å². The van der Waals surface area contributed by atoms with Crippen molar-refractivity contribution in [3.8, 4) is 17.2 Å². The first-order chi connectivity index (χ1) is 14.6. The smallest absolute Gasteiger partial charge is 0.263 e. The number of nitrogens with one attached hydrogen (secondary N) is 1. The quantitative estimate of drug-likeness (QED) is 0.436. The highest BCUT2D eigenvalue weighted by atomic mass is 32.2. The topological polar surface area (TPSA) is 56.8 Å². The van der Waals surface area contributed by atoms with Crippen molar-refractivity contribution >= 4 is 51.1 Å². The van der Waals surface area contributed by atoms with Crippen LogP contribution in [-0.4, -0.2) is 24.4 Å². The van der Waals surface area contributed by atoms with Crippen LogP contribution in [0.3, 0.4) is 0 Å². The van der Waals surface area contributed by atoms with E-state index in [9.17, 15) is 4.79 Å². The Balaban J connectivity index is 1.70. The Morgan fingerprint density at radius 1 is 1.00 bits per heavy atom. The molecule has 5 nitrogen and oxygen atoms in total. The number of ether oxygens (including phenoxy) is 3. The van der Waals surface area contributed by atoms with E-state index in [1.54, 1.807) is 14.2 Å². The minimum Gasteiger partial charge on any atom is -0.497 e. The SMILES string of the molecule is COc1cc(COc2cc3ccccc3cc2/C=C2\SC(=S)NC2=O)cc(OC)c1. The average Bonchev–Trinajstić information content (AvgIpc) is 3.08. The molecule has 1 N–H and O–H groups in total. The van der Waals surface area contributed by atoms with E-state index in [-0.39, 0.29) is 5.91 Å². The van der Waals surface area contributed by atoms with Gasteiger partial charge in [-0.25, -0.2) is 0 Å². The Hall–Kier alpha value is -3.03. The Morgan fingerprint density at radius 3 is 2.27 bits per heavy atom. The lowest BCUT2D eigenvalue weighted by molar-refractivity contribution is -0.115. The van der Waals surface area contributed by atoms with E-state index < -0.39 is 0 Å². The molecule has 3 aromatic rings. The molecule has 0 unspecified atom stereocenters. The number of carbonyl (C=O) groups is 1. The van der Waals surface area contributed by atoms with Crippen LogP contribution in [0, 0.1) is 0 Å². The zero-order valence-corrected chi connectivity index (χ0v) is 18.1. The molecule has 1 amide bonds. The molecule has 0 aromatic heterocycles. The predicted molar refractivity (Wildman–Crippen MR) is 124 cm³/mol. The number of benzene rings is 3. The molecule has 0 spiro atoms. The van der Waals surface area contributed by atoms with Crippen LogP contribution in [0.15, 0.2) is 59.5 Å². The van der Waals surface area contributed by atoms with E-state index in [1.165, 1.54) is 11.8 Å². The maximum atomic E-state index is 12.1. The van der Waals surface area contributed by atoms with Crippen LogP contribution in [-0.2, 0) is 11.4 Å². The lowest BCUT2D eigenvalue weighted by Gasteiger charge is -2.13. The first-order valence-electron chi connectivity index (χ1n) is 9.18. The van der Waals surface area contributed by atoms with Crippen molar-refractivity contribution < 1.29 is 19.0 Å². The van der Waals surface area contributed by atoms with E-state index in [1.807, 2.05) is 60.7 Å². The fourth-order valence-electron chi connectivity index (χ4n) is 3.15. The van der Waals surface area contributed by atoms with Gasteiger partial charge in [-0.05, 0) is 46.7 Å². The van der Waals surface area contributed by atoms with Gasteiger partial charge in [-0.2, -0.15) is 0 Å². The number of thioether (sulfide) groups is 1. The van der Waals surface area contributed by atoms with Gasteiger partial charge in [0.05, 0.1) is 19.1 Å². The molecule has 1 saturated heterocycles. The molecule has 4 rings (SSSR count). The van der Waals surface area contributed by atoms with Crippen LogP contribution in [0.4, 0.5) is 0 Å². The van der Waals surface area contributed by atoms with Crippen LogP contribution in [0.2, 0.25) is 0 Å². The number of amides is 1. The van der Waals surface area contributed by atoms with Gasteiger partial charge < -0.3 is 19.5 Å². The second-order valence-electron chi connectivity index (χ2n) is 6.60. The summed E-state index contributed by atoms with van der Waals surface area (Å²) in [5.74, 6) is 1.87. The molecule has 1 heterocycles. The van der Waals surface area contributed by atoms with Crippen molar-refractivity contribution in [1.82, 2.24) is 5.32 Å². The molecule has 30 heavy (non-hydrogen) atoms. The van der Waals surface area contributed by atoms with Gasteiger partial charge in [0.15, 0.2) is 0 Å². The highest BCUT2D eigenvalue weighted by Crippen LogP contribution is 2.33. The van der Waals surface area contributed by atoms with E-state index in [2.05, 4.69) is 5.32 Å². The molecule has 1 aliphatic heterocycles. The minimum absolute atomic E-state index is 0.193. The third-order valence-electron chi connectivity index (χ3n) is 4.61. The molecular weight excluding hydrogens is 418 g/mol. The maximum absolute atomic E-state index is 12.1. The molecular formula is C23H19NO4S2. The largest absolute Gasteiger partial charge is 0.497 e. The summed E-state index contributed by atoms with van der Waals surface area (Å²) in [5.41, 5.74) is 1.72. The van der Waals surface area contributed by atoms with E-state index >= 15 is 0 Å². The van der Waals surface area contributed by atoms with Gasteiger partial charge in [0, 0.05) is 11.6 Å². The number of methoxy groups -OCH3 is 2. The Bertz CT molecular complexity index is 1150. The van der Waals surface area contributed by atoms with Gasteiger partial charge >= 0.3 is 0 Å². The lowest BCUT2D eigenvalue weighted by Crippen LogP contribution is -2.17. The summed E-state index contributed by atoms with van der Waals surface area (Å²) in [7, 11) is 3.23. The number of thiocarbonyl (C=S) groups is 1. The van der Waals surface area contributed by atoms with Gasteiger partial charge in [0.1, 0.15) is 28.2 Å². The van der Waals surface area contributed by atoms with Gasteiger partial charge in [-0.3, -0.25) is 4.79 Å². The fourth-order valence-corrected chi connectivity index (χ4v) is 4.18. The molecule has 1 aliphatic rings. The molecule has 0 aliphatic carbocycles. The molecule has 152 valence electrons. The third-order valence-corrected chi connectivity index (χ3v) is 5.78. The van der Waals surface area contributed by atoms with E-state index in [0.717, 1.165) is 21.9 Å². The normalized spacial score (nSPS) is 14.8. The van der Waals surface area contributed by atoms with Crippen molar-refractivity contribution in [3.05, 3.63) is 70.6 Å². The molecule has 0 atom stereocenters. The molecule has 0 saturated carbocycles. The minimum atomic E-state index is -0.193. The second-order valence-corrected chi connectivity index (χ2v) is 8.32. The molecule has 7 heteroatoms. The second kappa shape index (κ2) is 8.77. The van der Waals surface area contributed by atoms with Gasteiger partial charge in [0.25, 0.3) is 5.91 Å². The first kappa shape index (κ1) is 20.3. The van der Waals surface area contributed by atoms with Crippen molar-refractivity contribution in [2.24, 2.45) is 0 Å². The zero-order chi connectivity index (χ0) is 21.1. The summed E-state index contributed by atoms with van der Waals surface area (Å²) in [5, 5.41) is 4.76. The molecule has 3 aromatic carbocycles. The van der Waals surface area contributed by atoms with Gasteiger partial charge in [-0.1, -0.05) is 48.2 Å². The Kier molecular flexibility index (Phi) is 5.92. The molecule has 0 radical (unpaired) electrons. The highest BCUT2D eigenvalue weighted by molar-refractivity contribution is 8.26. The zero-order valence-electron chi connectivity index (χ0n) is 16.4. The lowest BCUT2D eigenvalue weighted by atomic mass is 10.1. The monoisotopic (exact) mass is 437 g/mol. The Morgan fingerprint density at radius 2 is 1.67 bits per heavy atom. The summed E-state index contributed by atoms with van der Waals surface area (Å²) in [4.78, 5) is 12.7. The van der Waals surface area contributed by atoms with Crippen LogP contribution < -0.4 is 19.5 Å². The Labute approximate surface area is 184 Å². The third kappa shape index (κ3) is 4.42. The van der Waals surface area contributed by atoms with Crippen LogP contribution in [0.25, 0.3) is 16.8 Å². The van der Waals surface area contributed by atoms with Gasteiger partial charge in [-0.15, -0.1) is 0 Å². The number of hydrogen-bond donors (Lipinski definition) is 1. The van der Waals surface area contributed by atoms with Crippen molar-refractivity contribution in [2.75, 3.05) is 14.2 Å². The van der Waals surface area contributed by atoms with Crippen molar-refractivity contribution in [3.63, 3.8) is 0 Å². The molecule has 0 bridgehead atoms. The predicted octanol–water partition coefficient (Wildman–Crippen LogP) is 4.92. The van der Waals surface area contributed by atoms with Crippen molar-refractivity contribution in [2.45, 2.75) is 6.61 Å². The van der Waals surface area contributed by atoms with Crippen LogP contribution >= 0.6 is 24.0 Å². The first-order valence-corrected chi connectivity index (χ1v) is 10.4. The van der Waals surface area contributed by atoms with Crippen LogP contribution in [0.5, 0.6) is 17.2 Å². The number of hydrogen-bond acceptors (Lipinski definition) is 6. The summed E-state index contributed by atoms with van der Waals surface area (Å²) in [6.45, 7) is 0.319. The maximum Gasteiger partial charge on any atom is 0.263 e. The summed E-state index contributed by atoms with van der Waals surface area (Å²) in [6.07, 6.45) is 1.81. The fraction of sp³-hybridized carbons (Fsp3) is 0.130. The number of rotatable bonds is 6.